The summed E-state index contributed by atoms with van der Waals surface area (Å²) in [6.07, 6.45) is 1.16. The summed E-state index contributed by atoms with van der Waals surface area (Å²) in [5.74, 6) is 0.639. The van der Waals surface area contributed by atoms with E-state index in [1.54, 1.807) is 4.42 Å². The number of nitrogens with one attached hydrogen (secondary N) is 1. The Bertz CT molecular complexity index is 87.0. The van der Waals surface area contributed by atoms with Crippen molar-refractivity contribution < 1.29 is 0 Å². The fraction of sp³-hybridized carbons (Fsp3) is 1.00. The zero-order chi connectivity index (χ0) is 6.69. The second-order valence-corrected chi connectivity index (χ2v) is 3.11. The molecule has 4 heteroatoms. The number of hydrogen-bond donors (Lipinski definition) is 1. The van der Waals surface area contributed by atoms with Gasteiger partial charge in [-0.15, -0.1) is 0 Å². The Kier molecular flexibility index (Phi) is 3.06. The molecule has 1 atom stereocenters. The molecule has 1 aliphatic heterocycles. The van der Waals surface area contributed by atoms with Crippen LogP contribution in [0.2, 0.25) is 0 Å². The molecule has 0 aromatic heterocycles. The summed E-state index contributed by atoms with van der Waals surface area (Å²) in [7, 11) is 0. The highest BCUT2D eigenvalue weighted by Crippen LogP contribution is 2.16. The molecule has 0 aromatic rings. The second-order valence-electron chi connectivity index (χ2n) is 2.36. The highest BCUT2D eigenvalue weighted by molar-refractivity contribution is 6.13. The van der Waals surface area contributed by atoms with Crippen LogP contribution in [0.25, 0.3) is 0 Å². The minimum Gasteiger partial charge on any atom is -0.233 e. The second kappa shape index (κ2) is 3.62. The minimum absolute atomic E-state index is 0.639. The third-order valence-electron chi connectivity index (χ3n) is 1.60. The lowest BCUT2D eigenvalue weighted by Gasteiger charge is -2.05. The van der Waals surface area contributed by atoms with Gasteiger partial charge in [-0.1, -0.05) is 0 Å². The first kappa shape index (κ1) is 7.61. The van der Waals surface area contributed by atoms with Gasteiger partial charge in [0.25, 0.3) is 0 Å². The SMILES string of the molecule is ClNC[C@@H]1CCN(Cl)C1. The number of rotatable bonds is 2. The number of halogens is 2. The standard InChI is InChI=1S/C5H10Cl2N2/c6-8-3-5-1-2-9(7)4-5/h5,8H,1-4H2/t5-/m0/s1. The van der Waals surface area contributed by atoms with E-state index in [1.807, 2.05) is 0 Å². The molecule has 0 unspecified atom stereocenters. The molecule has 9 heavy (non-hydrogen) atoms. The lowest BCUT2D eigenvalue weighted by atomic mass is 10.1. The predicted molar refractivity (Wildman–Crippen MR) is 39.4 cm³/mol. The first-order valence-corrected chi connectivity index (χ1v) is 3.78. The fourth-order valence-electron chi connectivity index (χ4n) is 1.06. The molecule has 1 fully saturated rings. The molecule has 0 aromatic carbocycles. The van der Waals surface area contributed by atoms with Crippen LogP contribution in [0, 0.1) is 5.92 Å². The van der Waals surface area contributed by atoms with Gasteiger partial charge in [0.15, 0.2) is 0 Å². The number of nitrogens with zero attached hydrogens (tertiary/aromatic N) is 1. The van der Waals surface area contributed by atoms with E-state index in [2.05, 4.69) is 4.84 Å². The summed E-state index contributed by atoms with van der Waals surface area (Å²) >= 11 is 11.0. The largest absolute Gasteiger partial charge is 0.233 e. The molecule has 0 amide bonds. The van der Waals surface area contributed by atoms with Crippen molar-refractivity contribution in [2.24, 2.45) is 5.92 Å². The van der Waals surface area contributed by atoms with Crippen molar-refractivity contribution in [1.82, 2.24) is 9.25 Å². The smallest absolute Gasteiger partial charge is 0.0180 e. The average molecular weight is 169 g/mol. The maximum Gasteiger partial charge on any atom is 0.0180 e. The summed E-state index contributed by atoms with van der Waals surface area (Å²) in [5.41, 5.74) is 0. The first-order valence-electron chi connectivity index (χ1n) is 3.07. The minimum atomic E-state index is 0.639. The molecule has 0 radical (unpaired) electrons. The lowest BCUT2D eigenvalue weighted by Crippen LogP contribution is -2.16. The van der Waals surface area contributed by atoms with E-state index in [0.29, 0.717) is 5.92 Å². The van der Waals surface area contributed by atoms with E-state index in [0.717, 1.165) is 26.1 Å². The summed E-state index contributed by atoms with van der Waals surface area (Å²) in [5, 5.41) is 0. The molecular weight excluding hydrogens is 159 g/mol. The Hall–Kier alpha value is 0.500. The van der Waals surface area contributed by atoms with Crippen molar-refractivity contribution in [3.63, 3.8) is 0 Å². The molecule has 1 rings (SSSR count). The van der Waals surface area contributed by atoms with Gasteiger partial charge in [-0.25, -0.2) is 9.25 Å². The molecule has 2 nitrogen and oxygen atoms in total. The van der Waals surface area contributed by atoms with Crippen LogP contribution in [0.1, 0.15) is 6.42 Å². The summed E-state index contributed by atoms with van der Waals surface area (Å²) < 4.78 is 1.80. The Morgan fingerprint density at radius 3 is 2.89 bits per heavy atom. The lowest BCUT2D eigenvalue weighted by molar-refractivity contribution is 0.508. The van der Waals surface area contributed by atoms with E-state index in [4.69, 9.17) is 23.6 Å². The third-order valence-corrected chi connectivity index (χ3v) is 2.06. The van der Waals surface area contributed by atoms with Crippen molar-refractivity contribution in [2.75, 3.05) is 19.6 Å². The molecule has 1 aliphatic rings. The van der Waals surface area contributed by atoms with Gasteiger partial charge in [-0.3, -0.25) is 0 Å². The van der Waals surface area contributed by atoms with Gasteiger partial charge < -0.3 is 0 Å². The van der Waals surface area contributed by atoms with E-state index in [1.165, 1.54) is 0 Å². The van der Waals surface area contributed by atoms with Gasteiger partial charge in [0.1, 0.15) is 0 Å². The molecule has 1 N–H and O–H groups in total. The fourth-order valence-corrected chi connectivity index (χ4v) is 1.57. The highest BCUT2D eigenvalue weighted by Gasteiger charge is 2.19. The van der Waals surface area contributed by atoms with E-state index in [-0.39, 0.29) is 0 Å². The molecule has 0 bridgehead atoms. The van der Waals surface area contributed by atoms with Crippen LogP contribution in [-0.2, 0) is 0 Å². The summed E-state index contributed by atoms with van der Waals surface area (Å²) in [4.78, 5) is 2.62. The van der Waals surface area contributed by atoms with Crippen molar-refractivity contribution in [3.05, 3.63) is 0 Å². The normalized spacial score (nSPS) is 29.3. The zero-order valence-electron chi connectivity index (χ0n) is 5.11. The van der Waals surface area contributed by atoms with E-state index < -0.39 is 0 Å². The molecule has 54 valence electrons. The van der Waals surface area contributed by atoms with Gasteiger partial charge in [0.2, 0.25) is 0 Å². The highest BCUT2D eigenvalue weighted by atomic mass is 35.5. The van der Waals surface area contributed by atoms with Crippen molar-refractivity contribution >= 4 is 23.6 Å². The van der Waals surface area contributed by atoms with E-state index in [9.17, 15) is 0 Å². The first-order chi connectivity index (χ1) is 4.33. The molecular formula is C5H10Cl2N2. The topological polar surface area (TPSA) is 15.3 Å². The van der Waals surface area contributed by atoms with Crippen LogP contribution in [0.5, 0.6) is 0 Å². The quantitative estimate of drug-likeness (QED) is 0.625. The molecule has 1 heterocycles. The Labute approximate surface area is 65.3 Å². The van der Waals surface area contributed by atoms with Gasteiger partial charge in [0, 0.05) is 19.6 Å². The van der Waals surface area contributed by atoms with Gasteiger partial charge in [-0.2, -0.15) is 0 Å². The van der Waals surface area contributed by atoms with Crippen LogP contribution in [-0.4, -0.2) is 24.1 Å². The van der Waals surface area contributed by atoms with Crippen molar-refractivity contribution in [3.8, 4) is 0 Å². The Morgan fingerprint density at radius 2 is 2.44 bits per heavy atom. The van der Waals surface area contributed by atoms with Crippen molar-refractivity contribution in [2.45, 2.75) is 6.42 Å². The number of hydrogen-bond acceptors (Lipinski definition) is 2. The zero-order valence-corrected chi connectivity index (χ0v) is 6.62. The van der Waals surface area contributed by atoms with E-state index >= 15 is 0 Å². The van der Waals surface area contributed by atoms with Gasteiger partial charge >= 0.3 is 0 Å². The molecule has 0 saturated carbocycles. The van der Waals surface area contributed by atoms with Gasteiger partial charge in [-0.05, 0) is 35.9 Å². The summed E-state index contributed by atoms with van der Waals surface area (Å²) in [6, 6.07) is 0. The van der Waals surface area contributed by atoms with Crippen LogP contribution < -0.4 is 4.84 Å². The Morgan fingerprint density at radius 1 is 1.67 bits per heavy atom. The molecule has 1 saturated heterocycles. The Balaban J connectivity index is 2.14. The van der Waals surface area contributed by atoms with Crippen LogP contribution in [0.4, 0.5) is 0 Å². The van der Waals surface area contributed by atoms with Crippen LogP contribution in [0.15, 0.2) is 0 Å². The van der Waals surface area contributed by atoms with Crippen LogP contribution in [0.3, 0.4) is 0 Å². The third kappa shape index (κ3) is 2.30. The maximum atomic E-state index is 5.71. The van der Waals surface area contributed by atoms with Gasteiger partial charge in [0.05, 0.1) is 0 Å². The van der Waals surface area contributed by atoms with Crippen LogP contribution >= 0.6 is 23.6 Å². The average Bonchev–Trinajstić information content (AvgIpc) is 2.17. The molecule has 0 spiro atoms. The molecule has 0 aliphatic carbocycles. The predicted octanol–water partition coefficient (Wildman–Crippen LogP) is 1.21. The maximum absolute atomic E-state index is 5.71. The summed E-state index contributed by atoms with van der Waals surface area (Å²) in [6.45, 7) is 2.82. The van der Waals surface area contributed by atoms with Crippen molar-refractivity contribution in [1.29, 1.82) is 0 Å². The monoisotopic (exact) mass is 168 g/mol.